The van der Waals surface area contributed by atoms with Crippen LogP contribution in [0.2, 0.25) is 0 Å². The Labute approximate surface area is 116 Å². The fourth-order valence-electron chi connectivity index (χ4n) is 3.20. The van der Waals surface area contributed by atoms with Gasteiger partial charge in [-0.05, 0) is 31.6 Å². The quantitative estimate of drug-likeness (QED) is 0.801. The molecule has 4 heteroatoms. The molecule has 1 saturated carbocycles. The largest absolute Gasteiger partial charge is 0.376 e. The van der Waals surface area contributed by atoms with Crippen LogP contribution < -0.4 is 11.1 Å². The molecule has 3 N–H and O–H groups in total. The van der Waals surface area contributed by atoms with Crippen molar-refractivity contribution in [2.24, 2.45) is 11.7 Å². The number of nitrogens with two attached hydrogens (primary N) is 1. The standard InChI is InChI=1S/C15H28N2O2/c16-14(10-12-6-2-1-3-7-12)15(18)17-11-13-8-4-5-9-19-13/h12-14H,1-11,16H2,(H,17,18). The van der Waals surface area contributed by atoms with Gasteiger partial charge in [0.15, 0.2) is 0 Å². The maximum atomic E-state index is 12.0. The molecule has 0 aromatic carbocycles. The van der Waals surface area contributed by atoms with Crippen LogP contribution in [0.1, 0.15) is 57.8 Å². The summed E-state index contributed by atoms with van der Waals surface area (Å²) in [4.78, 5) is 12.0. The number of amides is 1. The molecule has 110 valence electrons. The third-order valence-electron chi connectivity index (χ3n) is 4.43. The van der Waals surface area contributed by atoms with Gasteiger partial charge in [0.25, 0.3) is 0 Å². The molecule has 2 unspecified atom stereocenters. The van der Waals surface area contributed by atoms with E-state index in [-0.39, 0.29) is 18.1 Å². The zero-order valence-corrected chi connectivity index (χ0v) is 11.9. The highest BCUT2D eigenvalue weighted by molar-refractivity contribution is 5.81. The average Bonchev–Trinajstić information content (AvgIpc) is 2.47. The summed E-state index contributed by atoms with van der Waals surface area (Å²) in [5, 5.41) is 2.95. The third kappa shape index (κ3) is 5.11. The van der Waals surface area contributed by atoms with Gasteiger partial charge in [-0.2, -0.15) is 0 Å². The van der Waals surface area contributed by atoms with Crippen LogP contribution in [0.15, 0.2) is 0 Å². The van der Waals surface area contributed by atoms with Crippen LogP contribution in [0.5, 0.6) is 0 Å². The summed E-state index contributed by atoms with van der Waals surface area (Å²) in [7, 11) is 0. The van der Waals surface area contributed by atoms with Crippen molar-refractivity contribution < 1.29 is 9.53 Å². The summed E-state index contributed by atoms with van der Waals surface area (Å²) < 4.78 is 5.60. The van der Waals surface area contributed by atoms with Gasteiger partial charge in [0.1, 0.15) is 0 Å². The molecule has 2 fully saturated rings. The summed E-state index contributed by atoms with van der Waals surface area (Å²) in [6.07, 6.45) is 10.9. The minimum absolute atomic E-state index is 0.000234. The molecular formula is C15H28N2O2. The SMILES string of the molecule is NC(CC1CCCCC1)C(=O)NCC1CCCCO1. The van der Waals surface area contributed by atoms with E-state index >= 15 is 0 Å². The lowest BCUT2D eigenvalue weighted by Crippen LogP contribution is -2.45. The van der Waals surface area contributed by atoms with Crippen molar-refractivity contribution in [1.82, 2.24) is 5.32 Å². The molecule has 1 aliphatic carbocycles. The Balaban J connectivity index is 1.63. The number of ether oxygens (including phenoxy) is 1. The maximum absolute atomic E-state index is 12.0. The number of carbonyl (C=O) groups excluding carboxylic acids is 1. The zero-order valence-electron chi connectivity index (χ0n) is 11.9. The predicted molar refractivity (Wildman–Crippen MR) is 75.8 cm³/mol. The highest BCUT2D eigenvalue weighted by Crippen LogP contribution is 2.26. The number of carbonyl (C=O) groups is 1. The summed E-state index contributed by atoms with van der Waals surface area (Å²) in [5.41, 5.74) is 6.01. The summed E-state index contributed by atoms with van der Waals surface area (Å²) in [6.45, 7) is 1.45. The van der Waals surface area contributed by atoms with Crippen LogP contribution in [0.25, 0.3) is 0 Å². The Morgan fingerprint density at radius 3 is 2.58 bits per heavy atom. The van der Waals surface area contributed by atoms with Crippen molar-refractivity contribution in [1.29, 1.82) is 0 Å². The van der Waals surface area contributed by atoms with E-state index in [2.05, 4.69) is 5.32 Å². The topological polar surface area (TPSA) is 64.4 Å². The van der Waals surface area contributed by atoms with Gasteiger partial charge >= 0.3 is 0 Å². The van der Waals surface area contributed by atoms with Crippen LogP contribution in [-0.4, -0.2) is 31.2 Å². The number of hydrogen-bond acceptors (Lipinski definition) is 3. The lowest BCUT2D eigenvalue weighted by atomic mass is 9.85. The van der Waals surface area contributed by atoms with E-state index in [0.29, 0.717) is 12.5 Å². The molecule has 19 heavy (non-hydrogen) atoms. The molecule has 4 nitrogen and oxygen atoms in total. The maximum Gasteiger partial charge on any atom is 0.237 e. The minimum Gasteiger partial charge on any atom is -0.376 e. The van der Waals surface area contributed by atoms with Gasteiger partial charge in [-0.3, -0.25) is 4.79 Å². The molecule has 2 aliphatic rings. The minimum atomic E-state index is -0.341. The first kappa shape index (κ1) is 14.8. The third-order valence-corrected chi connectivity index (χ3v) is 4.43. The lowest BCUT2D eigenvalue weighted by Gasteiger charge is -2.26. The first-order valence-corrected chi connectivity index (χ1v) is 7.90. The fraction of sp³-hybridized carbons (Fsp3) is 0.933. The van der Waals surface area contributed by atoms with E-state index in [1.165, 1.54) is 38.5 Å². The predicted octanol–water partition coefficient (Wildman–Crippen LogP) is 1.97. The van der Waals surface area contributed by atoms with Crippen LogP contribution in [0.4, 0.5) is 0 Å². The number of hydrogen-bond donors (Lipinski definition) is 2. The highest BCUT2D eigenvalue weighted by Gasteiger charge is 2.22. The molecule has 0 aromatic rings. The second-order valence-corrected chi connectivity index (χ2v) is 6.08. The fourth-order valence-corrected chi connectivity index (χ4v) is 3.20. The molecule has 1 heterocycles. The summed E-state index contributed by atoms with van der Waals surface area (Å²) in [6, 6.07) is -0.341. The Morgan fingerprint density at radius 2 is 1.89 bits per heavy atom. The molecule has 2 rings (SSSR count). The van der Waals surface area contributed by atoms with E-state index in [1.807, 2.05) is 0 Å². The van der Waals surface area contributed by atoms with E-state index in [0.717, 1.165) is 25.9 Å². The van der Waals surface area contributed by atoms with Gasteiger partial charge in [0.05, 0.1) is 12.1 Å². The van der Waals surface area contributed by atoms with E-state index in [4.69, 9.17) is 10.5 Å². The molecule has 0 bridgehead atoms. The van der Waals surface area contributed by atoms with Crippen LogP contribution in [-0.2, 0) is 9.53 Å². The van der Waals surface area contributed by atoms with Gasteiger partial charge in [-0.25, -0.2) is 0 Å². The van der Waals surface area contributed by atoms with Crippen molar-refractivity contribution in [3.8, 4) is 0 Å². The van der Waals surface area contributed by atoms with Gasteiger partial charge in [0.2, 0.25) is 5.91 Å². The van der Waals surface area contributed by atoms with Crippen LogP contribution >= 0.6 is 0 Å². The smallest absolute Gasteiger partial charge is 0.237 e. The molecule has 0 spiro atoms. The molecule has 2 atom stereocenters. The Bertz CT molecular complexity index is 271. The highest BCUT2D eigenvalue weighted by atomic mass is 16.5. The Hall–Kier alpha value is -0.610. The zero-order chi connectivity index (χ0) is 13.5. The van der Waals surface area contributed by atoms with Gasteiger partial charge in [0, 0.05) is 13.2 Å². The Morgan fingerprint density at radius 1 is 1.16 bits per heavy atom. The van der Waals surface area contributed by atoms with Crippen LogP contribution in [0, 0.1) is 5.92 Å². The Kier molecular flexibility index (Phi) is 6.11. The number of nitrogens with one attached hydrogen (secondary N) is 1. The lowest BCUT2D eigenvalue weighted by molar-refractivity contribution is -0.123. The molecule has 0 radical (unpaired) electrons. The first-order valence-electron chi connectivity index (χ1n) is 7.90. The number of rotatable bonds is 5. The summed E-state index contributed by atoms with van der Waals surface area (Å²) in [5.74, 6) is 0.653. The summed E-state index contributed by atoms with van der Waals surface area (Å²) >= 11 is 0. The van der Waals surface area contributed by atoms with Crippen LogP contribution in [0.3, 0.4) is 0 Å². The monoisotopic (exact) mass is 268 g/mol. The van der Waals surface area contributed by atoms with Crippen molar-refractivity contribution in [3.05, 3.63) is 0 Å². The van der Waals surface area contributed by atoms with Crippen molar-refractivity contribution in [3.63, 3.8) is 0 Å². The van der Waals surface area contributed by atoms with E-state index in [9.17, 15) is 4.79 Å². The van der Waals surface area contributed by atoms with Crippen molar-refractivity contribution in [2.75, 3.05) is 13.2 Å². The van der Waals surface area contributed by atoms with Gasteiger partial charge < -0.3 is 15.8 Å². The normalized spacial score (nSPS) is 26.9. The van der Waals surface area contributed by atoms with Crippen molar-refractivity contribution in [2.45, 2.75) is 69.9 Å². The molecule has 1 aliphatic heterocycles. The molecule has 1 saturated heterocycles. The molecule has 1 amide bonds. The molecule has 0 aromatic heterocycles. The first-order chi connectivity index (χ1) is 9.25. The second-order valence-electron chi connectivity index (χ2n) is 6.08. The van der Waals surface area contributed by atoms with E-state index < -0.39 is 0 Å². The molecular weight excluding hydrogens is 240 g/mol. The van der Waals surface area contributed by atoms with Gasteiger partial charge in [-0.15, -0.1) is 0 Å². The van der Waals surface area contributed by atoms with E-state index in [1.54, 1.807) is 0 Å². The van der Waals surface area contributed by atoms with Gasteiger partial charge in [-0.1, -0.05) is 32.1 Å². The average molecular weight is 268 g/mol. The van der Waals surface area contributed by atoms with Crippen molar-refractivity contribution >= 4 is 5.91 Å². The second kappa shape index (κ2) is 7.85.